The first-order valence-corrected chi connectivity index (χ1v) is 7.01. The molecule has 2 rings (SSSR count). The van der Waals surface area contributed by atoms with Crippen molar-refractivity contribution in [1.82, 2.24) is 5.32 Å². The van der Waals surface area contributed by atoms with E-state index in [-0.39, 0.29) is 29.4 Å². The maximum atomic E-state index is 12.1. The van der Waals surface area contributed by atoms with Gasteiger partial charge in [-0.3, -0.25) is 19.7 Å². The number of carbonyl (C=O) groups is 3. The van der Waals surface area contributed by atoms with Crippen LogP contribution in [-0.4, -0.2) is 17.6 Å². The first-order valence-electron chi connectivity index (χ1n) is 7.01. The van der Waals surface area contributed by atoms with Crippen molar-refractivity contribution >= 4 is 17.6 Å². The Balaban J connectivity index is 1.99. The van der Waals surface area contributed by atoms with E-state index >= 15 is 0 Å². The van der Waals surface area contributed by atoms with Crippen molar-refractivity contribution in [2.75, 3.05) is 0 Å². The van der Waals surface area contributed by atoms with Crippen LogP contribution in [0.5, 0.6) is 0 Å². The summed E-state index contributed by atoms with van der Waals surface area (Å²) in [5.41, 5.74) is 0.893. The van der Waals surface area contributed by atoms with E-state index in [9.17, 15) is 14.4 Å². The fourth-order valence-corrected chi connectivity index (χ4v) is 3.10. The van der Waals surface area contributed by atoms with Crippen LogP contribution in [0.4, 0.5) is 0 Å². The molecular weight excluding hydrogens is 242 g/mol. The first-order chi connectivity index (χ1) is 8.95. The van der Waals surface area contributed by atoms with Crippen molar-refractivity contribution in [3.63, 3.8) is 0 Å². The Morgan fingerprint density at radius 2 is 1.74 bits per heavy atom. The van der Waals surface area contributed by atoms with Gasteiger partial charge in [-0.1, -0.05) is 19.9 Å². The molecule has 1 saturated carbocycles. The molecule has 1 aliphatic carbocycles. The fraction of sp³-hybridized carbons (Fsp3) is 0.667. The summed E-state index contributed by atoms with van der Waals surface area (Å²) in [5.74, 6) is 0.535. The quantitative estimate of drug-likeness (QED) is 0.612. The Morgan fingerprint density at radius 1 is 1.11 bits per heavy atom. The van der Waals surface area contributed by atoms with Gasteiger partial charge in [0.15, 0.2) is 5.78 Å². The summed E-state index contributed by atoms with van der Waals surface area (Å²) in [6.07, 6.45) is 5.17. The minimum atomic E-state index is -0.198. The van der Waals surface area contributed by atoms with Crippen LogP contribution < -0.4 is 5.32 Å². The average molecular weight is 263 g/mol. The summed E-state index contributed by atoms with van der Waals surface area (Å²) in [6, 6.07) is 0. The first kappa shape index (κ1) is 14.0. The van der Waals surface area contributed by atoms with E-state index in [1.54, 1.807) is 0 Å². The molecule has 1 saturated heterocycles. The van der Waals surface area contributed by atoms with Crippen LogP contribution in [0.1, 0.15) is 46.0 Å². The molecular formula is C15H21NO3. The van der Waals surface area contributed by atoms with Crippen LogP contribution in [0.25, 0.3) is 0 Å². The second-order valence-corrected chi connectivity index (χ2v) is 6.02. The zero-order valence-electron chi connectivity index (χ0n) is 11.6. The fourth-order valence-electron chi connectivity index (χ4n) is 3.10. The number of ketones is 1. The highest BCUT2D eigenvalue weighted by atomic mass is 16.2. The lowest BCUT2D eigenvalue weighted by Crippen LogP contribution is -2.38. The minimum Gasteiger partial charge on any atom is -0.296 e. The van der Waals surface area contributed by atoms with Gasteiger partial charge in [0, 0.05) is 18.8 Å². The molecule has 4 nitrogen and oxygen atoms in total. The Kier molecular flexibility index (Phi) is 4.17. The van der Waals surface area contributed by atoms with Crippen LogP contribution in [0.15, 0.2) is 11.6 Å². The lowest BCUT2D eigenvalue weighted by Gasteiger charge is -2.26. The summed E-state index contributed by atoms with van der Waals surface area (Å²) < 4.78 is 0. The van der Waals surface area contributed by atoms with Crippen molar-refractivity contribution in [1.29, 1.82) is 0 Å². The average Bonchev–Trinajstić information content (AvgIpc) is 2.30. The topological polar surface area (TPSA) is 63.2 Å². The highest BCUT2D eigenvalue weighted by Crippen LogP contribution is 2.31. The summed E-state index contributed by atoms with van der Waals surface area (Å²) in [5, 5.41) is 2.30. The van der Waals surface area contributed by atoms with Crippen molar-refractivity contribution in [3.8, 4) is 0 Å². The second kappa shape index (κ2) is 5.68. The molecule has 1 heterocycles. The number of piperidine rings is 1. The number of allylic oxidation sites excluding steroid dienone is 2. The number of rotatable bonds is 2. The number of nitrogens with one attached hydrogen (secondary N) is 1. The third-order valence-electron chi connectivity index (χ3n) is 4.01. The van der Waals surface area contributed by atoms with E-state index in [1.165, 1.54) is 0 Å². The van der Waals surface area contributed by atoms with Gasteiger partial charge in [-0.2, -0.15) is 0 Å². The monoisotopic (exact) mass is 263 g/mol. The maximum Gasteiger partial charge on any atom is 0.226 e. The number of carbonyl (C=O) groups excluding carboxylic acids is 3. The Morgan fingerprint density at radius 3 is 2.37 bits per heavy atom. The maximum absolute atomic E-state index is 12.1. The van der Waals surface area contributed by atoms with Crippen LogP contribution in [0, 0.1) is 17.8 Å². The Labute approximate surface area is 113 Å². The molecule has 1 N–H and O–H groups in total. The molecule has 2 atom stereocenters. The molecule has 0 spiro atoms. The number of hydrogen-bond donors (Lipinski definition) is 1. The largest absolute Gasteiger partial charge is 0.296 e. The summed E-state index contributed by atoms with van der Waals surface area (Å²) >= 11 is 0. The van der Waals surface area contributed by atoms with Gasteiger partial charge < -0.3 is 0 Å². The van der Waals surface area contributed by atoms with E-state index < -0.39 is 0 Å². The molecule has 0 radical (unpaired) electrons. The summed E-state index contributed by atoms with van der Waals surface area (Å²) in [6.45, 7) is 4.14. The predicted molar refractivity (Wildman–Crippen MR) is 71.1 cm³/mol. The van der Waals surface area contributed by atoms with Gasteiger partial charge in [0.25, 0.3) is 0 Å². The van der Waals surface area contributed by atoms with Crippen molar-refractivity contribution in [3.05, 3.63) is 11.6 Å². The Bertz CT molecular complexity index is 423. The number of hydrogen-bond acceptors (Lipinski definition) is 3. The van der Waals surface area contributed by atoms with Gasteiger partial charge in [0.2, 0.25) is 11.8 Å². The van der Waals surface area contributed by atoms with Gasteiger partial charge in [-0.25, -0.2) is 0 Å². The molecule has 104 valence electrons. The van der Waals surface area contributed by atoms with E-state index in [0.29, 0.717) is 25.2 Å². The number of Topliss-reactive ketones (excluding diaryl/α,β-unsaturated/α-hetero) is 1. The highest BCUT2D eigenvalue weighted by molar-refractivity contribution is 5.98. The second-order valence-electron chi connectivity index (χ2n) is 6.02. The Hall–Kier alpha value is -1.45. The van der Waals surface area contributed by atoms with Crippen molar-refractivity contribution < 1.29 is 14.4 Å². The molecule has 2 fully saturated rings. The third kappa shape index (κ3) is 3.52. The molecule has 0 aromatic carbocycles. The molecule has 1 aliphatic heterocycles. The van der Waals surface area contributed by atoms with Crippen molar-refractivity contribution in [2.45, 2.75) is 46.0 Å². The highest BCUT2D eigenvalue weighted by Gasteiger charge is 2.28. The van der Waals surface area contributed by atoms with Gasteiger partial charge in [-0.05, 0) is 36.7 Å². The van der Waals surface area contributed by atoms with Crippen LogP contribution in [0.3, 0.4) is 0 Å². The lowest BCUT2D eigenvalue weighted by molar-refractivity contribution is -0.134. The smallest absolute Gasteiger partial charge is 0.226 e. The number of amides is 2. The summed E-state index contributed by atoms with van der Waals surface area (Å²) in [4.78, 5) is 34.6. The van der Waals surface area contributed by atoms with Gasteiger partial charge in [0.1, 0.15) is 0 Å². The van der Waals surface area contributed by atoms with E-state index in [1.807, 2.05) is 13.0 Å². The van der Waals surface area contributed by atoms with E-state index in [0.717, 1.165) is 18.4 Å². The van der Waals surface area contributed by atoms with Gasteiger partial charge in [0.05, 0.1) is 0 Å². The lowest BCUT2D eigenvalue weighted by atomic mass is 9.78. The summed E-state index contributed by atoms with van der Waals surface area (Å²) in [7, 11) is 0. The normalized spacial score (nSPS) is 31.7. The SMILES string of the molecule is C[C@@H]1CC(=CCC2CC(=O)NC(=O)C2)C(=O)[C@@H](C)C1. The van der Waals surface area contributed by atoms with Crippen LogP contribution in [0.2, 0.25) is 0 Å². The standard InChI is InChI=1S/C15H21NO3/c1-9-5-10(2)15(19)12(6-9)4-3-11-7-13(17)16-14(18)8-11/h4,9-11H,3,5-8H2,1-2H3,(H,16,17,18)/t9-,10-/m0/s1. The molecule has 2 aliphatic rings. The van der Waals surface area contributed by atoms with Gasteiger partial charge >= 0.3 is 0 Å². The predicted octanol–water partition coefficient (Wildman–Crippen LogP) is 1.99. The molecule has 2 amide bonds. The molecule has 19 heavy (non-hydrogen) atoms. The van der Waals surface area contributed by atoms with E-state index in [2.05, 4.69) is 12.2 Å². The van der Waals surface area contributed by atoms with E-state index in [4.69, 9.17) is 0 Å². The molecule has 0 unspecified atom stereocenters. The molecule has 0 bridgehead atoms. The minimum absolute atomic E-state index is 0.0501. The third-order valence-corrected chi connectivity index (χ3v) is 4.01. The zero-order chi connectivity index (χ0) is 14.0. The van der Waals surface area contributed by atoms with Crippen LogP contribution in [-0.2, 0) is 14.4 Å². The molecule has 4 heteroatoms. The molecule has 0 aromatic rings. The van der Waals surface area contributed by atoms with Crippen molar-refractivity contribution in [2.24, 2.45) is 17.8 Å². The number of imide groups is 1. The zero-order valence-corrected chi connectivity index (χ0v) is 11.6. The van der Waals surface area contributed by atoms with Crippen LogP contribution >= 0.6 is 0 Å². The molecule has 0 aromatic heterocycles. The van der Waals surface area contributed by atoms with Gasteiger partial charge in [-0.15, -0.1) is 0 Å².